The Bertz CT molecular complexity index is 2530. The highest BCUT2D eigenvalue weighted by molar-refractivity contribution is 5.88. The van der Waals surface area contributed by atoms with E-state index in [1.165, 1.54) is 0 Å². The van der Waals surface area contributed by atoms with Crippen LogP contribution in [0.25, 0.3) is 0 Å². The molecule has 4 N–H and O–H groups in total. The smallest absolute Gasteiger partial charge is 0.317 e. The molecule has 21 nitrogen and oxygen atoms in total. The van der Waals surface area contributed by atoms with Crippen molar-refractivity contribution >= 4 is 41.7 Å². The Hall–Kier alpha value is -5.83. The average molecular weight is 1230 g/mol. The number of rotatable bonds is 35. The fraction of sp³-hybridized carbons (Fsp3) is 0.689. The lowest BCUT2D eigenvalue weighted by molar-refractivity contribution is -0.149. The first-order valence-corrected chi connectivity index (χ1v) is 29.2. The van der Waals surface area contributed by atoms with Crippen molar-refractivity contribution in [2.24, 2.45) is 21.7 Å². The molecule has 1 fully saturated rings. The molecule has 2 atom stereocenters. The molecule has 2 amide bonds. The number of methoxy groups -OCH3 is 1. The van der Waals surface area contributed by atoms with Crippen LogP contribution in [-0.4, -0.2) is 235 Å². The summed E-state index contributed by atoms with van der Waals surface area (Å²) >= 11 is 0. The molecule has 1 aliphatic heterocycles. The number of hydrogen-bond donors (Lipinski definition) is 4. The molecule has 0 aliphatic carbocycles. The third-order valence-corrected chi connectivity index (χ3v) is 14.7. The SMILES string of the molecule is CCN(CC(C)(C)COCC(C)(C)COC)C(=O)[C@H](CCCc1ccc(C[C@H]2CN(CC(=O)O)CCN(CC(=O)O)CCN(CC(=O)O)CCN2CC(=O)O)cc1)N(CC)C(=O)CC(C)(C)COCC(C)(C)CC(=O)Oc1c(F)c(F)cc(F)c1F. The number of hydrogen-bond acceptors (Lipinski definition) is 15. The van der Waals surface area contributed by atoms with Gasteiger partial charge in [-0.3, -0.25) is 53.2 Å². The van der Waals surface area contributed by atoms with Gasteiger partial charge in [0.05, 0.1) is 65.6 Å². The Morgan fingerprint density at radius 3 is 1.57 bits per heavy atom. The largest absolute Gasteiger partial charge is 0.480 e. The van der Waals surface area contributed by atoms with E-state index in [-0.39, 0.29) is 128 Å². The molecule has 2 aromatic rings. The third-order valence-electron chi connectivity index (χ3n) is 14.7. The van der Waals surface area contributed by atoms with E-state index in [0.717, 1.165) is 11.1 Å². The number of nitrogens with zero attached hydrogens (tertiary/aromatic N) is 6. The fourth-order valence-corrected chi connectivity index (χ4v) is 10.5. The summed E-state index contributed by atoms with van der Waals surface area (Å²) in [7, 11) is 1.63. The van der Waals surface area contributed by atoms with Gasteiger partial charge in [-0.2, -0.15) is 8.78 Å². The lowest BCUT2D eigenvalue weighted by Crippen LogP contribution is -2.53. The Morgan fingerprint density at radius 2 is 1.07 bits per heavy atom. The van der Waals surface area contributed by atoms with Crippen molar-refractivity contribution in [2.75, 3.05) is 132 Å². The number of likely N-dealkylation sites (N-methyl/N-ethyl adjacent to an activating group) is 2. The van der Waals surface area contributed by atoms with E-state index in [1.54, 1.807) is 57.3 Å². The van der Waals surface area contributed by atoms with E-state index in [9.17, 15) is 71.5 Å². The molecule has 86 heavy (non-hydrogen) atoms. The molecule has 486 valence electrons. The molecule has 25 heteroatoms. The van der Waals surface area contributed by atoms with Gasteiger partial charge in [0.1, 0.15) is 6.04 Å². The maximum Gasteiger partial charge on any atom is 0.317 e. The topological polar surface area (TPSA) is 257 Å². The van der Waals surface area contributed by atoms with Crippen molar-refractivity contribution in [1.29, 1.82) is 0 Å². The average Bonchev–Trinajstić information content (AvgIpc) is 2.97. The first-order chi connectivity index (χ1) is 40.1. The van der Waals surface area contributed by atoms with Gasteiger partial charge in [-0.05, 0) is 61.5 Å². The van der Waals surface area contributed by atoms with Gasteiger partial charge < -0.3 is 49.2 Å². The molecule has 1 saturated heterocycles. The van der Waals surface area contributed by atoms with E-state index < -0.39 is 100 Å². The Kier molecular flexibility index (Phi) is 30.0. The minimum Gasteiger partial charge on any atom is -0.480 e. The second-order valence-corrected chi connectivity index (χ2v) is 25.6. The van der Waals surface area contributed by atoms with E-state index in [0.29, 0.717) is 45.8 Å². The maximum atomic E-state index is 15.0. The summed E-state index contributed by atoms with van der Waals surface area (Å²) in [6.45, 7) is 20.2. The number of aryl methyl sites for hydroxylation is 1. The maximum absolute atomic E-state index is 15.0. The van der Waals surface area contributed by atoms with Gasteiger partial charge in [-0.15, -0.1) is 0 Å². The summed E-state index contributed by atoms with van der Waals surface area (Å²) in [5.41, 5.74) is -0.850. The lowest BCUT2D eigenvalue weighted by atomic mass is 9.88. The Morgan fingerprint density at radius 1 is 0.605 bits per heavy atom. The zero-order chi connectivity index (χ0) is 64.7. The first kappa shape index (κ1) is 74.4. The standard InChI is InChI=1S/C61H94F4N6O15/c1-12-69(36-60(7,8)40-85-41-61(9,10)37-83-11)57(82)47(71(13-2)48(72)29-58(3,4)38-84-39-59(5,6)30-53(81)86-56-54(64)45(62)28-46(63)55(56)65)16-14-15-42-17-19-43(20-18-42)27-44-31-68(34-51(77)78)24-23-66(32-49(73)74)21-22-67(33-50(75)76)25-26-70(44)35-52(79)80/h17-20,28,44,47H,12-16,21-27,29-41H2,1-11H3,(H,73,74)(H,75,76)(H,77,78)(H,79,80)/t44-,47-/m0/s1. The highest BCUT2D eigenvalue weighted by atomic mass is 19.2. The molecule has 1 heterocycles. The molecule has 0 bridgehead atoms. The molecule has 1 aliphatic rings. The second kappa shape index (κ2) is 34.6. The number of carbonyl (C=O) groups excluding carboxylic acids is 3. The molecule has 0 aromatic heterocycles. The Labute approximate surface area is 503 Å². The van der Waals surface area contributed by atoms with Crippen LogP contribution >= 0.6 is 0 Å². The quantitative estimate of drug-likeness (QED) is 0.0257. The van der Waals surface area contributed by atoms with Crippen LogP contribution in [0.2, 0.25) is 0 Å². The molecule has 0 radical (unpaired) electrons. The molecular weight excluding hydrogens is 1130 g/mol. The van der Waals surface area contributed by atoms with Crippen LogP contribution in [0, 0.1) is 44.9 Å². The number of aliphatic carboxylic acids is 4. The van der Waals surface area contributed by atoms with Gasteiger partial charge >= 0.3 is 29.8 Å². The number of ether oxygens (including phenoxy) is 4. The predicted octanol–water partition coefficient (Wildman–Crippen LogP) is 6.27. The van der Waals surface area contributed by atoms with Gasteiger partial charge in [-0.1, -0.05) is 79.7 Å². The van der Waals surface area contributed by atoms with Crippen molar-refractivity contribution in [3.05, 3.63) is 64.7 Å². The van der Waals surface area contributed by atoms with Gasteiger partial charge in [0, 0.05) is 102 Å². The lowest BCUT2D eigenvalue weighted by Gasteiger charge is -2.39. The van der Waals surface area contributed by atoms with Crippen LogP contribution in [0.5, 0.6) is 5.75 Å². The van der Waals surface area contributed by atoms with Crippen LogP contribution in [0.1, 0.15) is 106 Å². The van der Waals surface area contributed by atoms with E-state index in [4.69, 9.17) is 18.9 Å². The van der Waals surface area contributed by atoms with Gasteiger partial charge in [0.2, 0.25) is 29.2 Å². The minimum atomic E-state index is -1.85. The Balaban J connectivity index is 1.88. The minimum absolute atomic E-state index is 0.00269. The number of carboxylic acid groups (broad SMARTS) is 4. The van der Waals surface area contributed by atoms with Gasteiger partial charge in [-0.25, -0.2) is 8.78 Å². The van der Waals surface area contributed by atoms with Crippen molar-refractivity contribution in [3.8, 4) is 5.75 Å². The van der Waals surface area contributed by atoms with Crippen molar-refractivity contribution in [2.45, 2.75) is 120 Å². The van der Waals surface area contributed by atoms with Crippen LogP contribution in [0.15, 0.2) is 30.3 Å². The number of benzene rings is 2. The zero-order valence-corrected chi connectivity index (χ0v) is 52.2. The number of amides is 2. The number of carboxylic acids is 4. The third kappa shape index (κ3) is 26.6. The molecule has 2 aromatic carbocycles. The van der Waals surface area contributed by atoms with E-state index in [2.05, 4.69) is 0 Å². The molecule has 0 spiro atoms. The zero-order valence-electron chi connectivity index (χ0n) is 52.2. The monoisotopic (exact) mass is 1230 g/mol. The highest BCUT2D eigenvalue weighted by Crippen LogP contribution is 2.31. The summed E-state index contributed by atoms with van der Waals surface area (Å²) < 4.78 is 78.4. The van der Waals surface area contributed by atoms with Crippen molar-refractivity contribution in [1.82, 2.24) is 29.4 Å². The predicted molar refractivity (Wildman–Crippen MR) is 312 cm³/mol. The van der Waals surface area contributed by atoms with Crippen LogP contribution < -0.4 is 4.74 Å². The molecular formula is C61H94F4N6O15. The number of esters is 1. The van der Waals surface area contributed by atoms with Gasteiger partial charge in [0.25, 0.3) is 0 Å². The summed E-state index contributed by atoms with van der Waals surface area (Å²) in [4.78, 5) is 100. The van der Waals surface area contributed by atoms with Crippen LogP contribution in [0.4, 0.5) is 17.6 Å². The first-order valence-electron chi connectivity index (χ1n) is 29.2. The normalized spacial score (nSPS) is 16.2. The highest BCUT2D eigenvalue weighted by Gasteiger charge is 2.37. The van der Waals surface area contributed by atoms with Crippen LogP contribution in [0.3, 0.4) is 0 Å². The fourth-order valence-electron chi connectivity index (χ4n) is 10.5. The van der Waals surface area contributed by atoms with E-state index in [1.807, 2.05) is 72.7 Å². The summed E-state index contributed by atoms with van der Waals surface area (Å²) in [5, 5.41) is 39.3. The molecule has 0 unspecified atom stereocenters. The molecule has 3 rings (SSSR count). The number of carbonyl (C=O) groups is 7. The molecule has 0 saturated carbocycles. The summed E-state index contributed by atoms with van der Waals surface area (Å²) in [5.74, 6) is -14.8. The summed E-state index contributed by atoms with van der Waals surface area (Å²) in [6, 6.07) is 6.19. The van der Waals surface area contributed by atoms with Crippen LogP contribution in [-0.2, 0) is 60.6 Å². The summed E-state index contributed by atoms with van der Waals surface area (Å²) in [6.07, 6.45) is 1.03. The van der Waals surface area contributed by atoms with Crippen molar-refractivity contribution < 1.29 is 90.5 Å². The van der Waals surface area contributed by atoms with Crippen molar-refractivity contribution in [3.63, 3.8) is 0 Å². The number of halogens is 4. The van der Waals surface area contributed by atoms with E-state index >= 15 is 0 Å². The van der Waals surface area contributed by atoms with Gasteiger partial charge in [0.15, 0.2) is 11.6 Å². The second-order valence-electron chi connectivity index (χ2n) is 25.6.